The molecule has 18 heavy (non-hydrogen) atoms. The number of ether oxygens (including phenoxy) is 1. The quantitative estimate of drug-likeness (QED) is 0.567. The molecule has 1 aliphatic carbocycles. The second kappa shape index (κ2) is 7.33. The van der Waals surface area contributed by atoms with Gasteiger partial charge in [0.05, 0.1) is 25.7 Å². The Bertz CT molecular complexity index is 290. The zero-order valence-electron chi connectivity index (χ0n) is 10.7. The molecule has 1 saturated carbocycles. The van der Waals surface area contributed by atoms with Crippen LogP contribution in [0.3, 0.4) is 0 Å². The largest absolute Gasteiger partial charge is 0.481 e. The number of aliphatic hydroxyl groups excluding tert-OH is 1. The normalized spacial score (nSPS) is 16.3. The van der Waals surface area contributed by atoms with E-state index in [-0.39, 0.29) is 31.6 Å². The van der Waals surface area contributed by atoms with Gasteiger partial charge in [-0.05, 0) is 12.8 Å². The summed E-state index contributed by atoms with van der Waals surface area (Å²) in [5.74, 6) is -1.38. The summed E-state index contributed by atoms with van der Waals surface area (Å²) in [7, 11) is 0. The number of aliphatic carboxylic acids is 1. The Kier molecular flexibility index (Phi) is 6.07. The molecule has 104 valence electrons. The van der Waals surface area contributed by atoms with Crippen LogP contribution in [0.2, 0.25) is 0 Å². The molecule has 1 fully saturated rings. The maximum Gasteiger partial charge on any atom is 0.308 e. The fourth-order valence-corrected chi connectivity index (χ4v) is 1.63. The summed E-state index contributed by atoms with van der Waals surface area (Å²) in [5.41, 5.74) is 0. The molecule has 0 aromatic rings. The van der Waals surface area contributed by atoms with E-state index in [0.29, 0.717) is 13.2 Å². The number of nitrogens with zero attached hydrogens (tertiary/aromatic N) is 1. The Balaban J connectivity index is 2.41. The Morgan fingerprint density at radius 3 is 2.56 bits per heavy atom. The van der Waals surface area contributed by atoms with E-state index in [1.54, 1.807) is 11.8 Å². The van der Waals surface area contributed by atoms with E-state index in [1.807, 2.05) is 0 Å². The summed E-state index contributed by atoms with van der Waals surface area (Å²) in [6, 6.07) is 0. The van der Waals surface area contributed by atoms with Crippen molar-refractivity contribution in [2.24, 2.45) is 11.8 Å². The highest BCUT2D eigenvalue weighted by Gasteiger charge is 2.34. The number of carboxylic acid groups (broad SMARTS) is 1. The number of carbonyl (C=O) groups is 2. The molecule has 1 aliphatic rings. The Labute approximate surface area is 107 Å². The molecule has 1 unspecified atom stereocenters. The van der Waals surface area contributed by atoms with Gasteiger partial charge in [-0.2, -0.15) is 0 Å². The highest BCUT2D eigenvalue weighted by Crippen LogP contribution is 2.31. The highest BCUT2D eigenvalue weighted by molar-refractivity contribution is 5.81. The van der Waals surface area contributed by atoms with Crippen molar-refractivity contribution >= 4 is 11.9 Å². The predicted molar refractivity (Wildman–Crippen MR) is 64.0 cm³/mol. The molecule has 6 nitrogen and oxygen atoms in total. The molecule has 6 heteroatoms. The lowest BCUT2D eigenvalue weighted by Crippen LogP contribution is -2.40. The van der Waals surface area contributed by atoms with Crippen LogP contribution in [0.15, 0.2) is 0 Å². The van der Waals surface area contributed by atoms with Crippen molar-refractivity contribution < 1.29 is 24.5 Å². The number of hydrogen-bond donors (Lipinski definition) is 2. The summed E-state index contributed by atoms with van der Waals surface area (Å²) in [6.07, 6.45) is 1.79. The second-order valence-electron chi connectivity index (χ2n) is 4.63. The van der Waals surface area contributed by atoms with E-state index in [2.05, 4.69) is 0 Å². The van der Waals surface area contributed by atoms with Gasteiger partial charge in [0.1, 0.15) is 0 Å². The van der Waals surface area contributed by atoms with Crippen LogP contribution in [0.5, 0.6) is 0 Å². The number of rotatable bonds is 9. The molecule has 0 radical (unpaired) electrons. The van der Waals surface area contributed by atoms with E-state index >= 15 is 0 Å². The van der Waals surface area contributed by atoms with Crippen LogP contribution in [0, 0.1) is 11.8 Å². The topological polar surface area (TPSA) is 87.1 Å². The van der Waals surface area contributed by atoms with E-state index in [0.717, 1.165) is 12.8 Å². The van der Waals surface area contributed by atoms with Gasteiger partial charge in [-0.3, -0.25) is 9.59 Å². The van der Waals surface area contributed by atoms with Gasteiger partial charge in [0.15, 0.2) is 0 Å². The van der Waals surface area contributed by atoms with Gasteiger partial charge < -0.3 is 19.8 Å². The Morgan fingerprint density at radius 2 is 2.06 bits per heavy atom. The smallest absolute Gasteiger partial charge is 0.308 e. The standard InChI is InChI=1S/C12H21NO5/c1-9(12(16)17)8-13(4-6-18-7-5-14)11(15)10-2-3-10/h9-10,14H,2-8H2,1H3,(H,16,17). The zero-order chi connectivity index (χ0) is 13.5. The number of aliphatic hydroxyl groups is 1. The third kappa shape index (κ3) is 5.01. The molecular formula is C12H21NO5. The predicted octanol–water partition coefficient (Wildman–Crippen LogP) is -0.0454. The fourth-order valence-electron chi connectivity index (χ4n) is 1.63. The summed E-state index contributed by atoms with van der Waals surface area (Å²) in [6.45, 7) is 2.69. The number of amides is 1. The maximum atomic E-state index is 12.0. The van der Waals surface area contributed by atoms with Crippen LogP contribution in [-0.4, -0.2) is 59.9 Å². The van der Waals surface area contributed by atoms with Gasteiger partial charge in [0.2, 0.25) is 5.91 Å². The minimum Gasteiger partial charge on any atom is -0.481 e. The minimum atomic E-state index is -0.903. The summed E-state index contributed by atoms with van der Waals surface area (Å²) >= 11 is 0. The summed E-state index contributed by atoms with van der Waals surface area (Å²) in [5, 5.41) is 17.4. The van der Waals surface area contributed by atoms with Crippen molar-refractivity contribution in [2.75, 3.05) is 32.9 Å². The molecule has 1 amide bonds. The molecule has 1 atom stereocenters. The number of carboxylic acids is 1. The molecule has 0 aliphatic heterocycles. The van der Waals surface area contributed by atoms with Crippen molar-refractivity contribution in [2.45, 2.75) is 19.8 Å². The van der Waals surface area contributed by atoms with Gasteiger partial charge in [0, 0.05) is 19.0 Å². The van der Waals surface area contributed by atoms with Gasteiger partial charge in [-0.25, -0.2) is 0 Å². The first-order valence-corrected chi connectivity index (χ1v) is 6.26. The maximum absolute atomic E-state index is 12.0. The molecule has 0 saturated heterocycles. The number of carbonyl (C=O) groups excluding carboxylic acids is 1. The molecule has 0 aromatic carbocycles. The SMILES string of the molecule is CC(CN(CCOCCO)C(=O)C1CC1)C(=O)O. The van der Waals surface area contributed by atoms with Crippen LogP contribution >= 0.6 is 0 Å². The van der Waals surface area contributed by atoms with Crippen LogP contribution in [-0.2, 0) is 14.3 Å². The van der Waals surface area contributed by atoms with Crippen molar-refractivity contribution in [1.29, 1.82) is 0 Å². The lowest BCUT2D eigenvalue weighted by atomic mass is 10.1. The third-order valence-electron chi connectivity index (χ3n) is 2.90. The van der Waals surface area contributed by atoms with E-state index in [9.17, 15) is 9.59 Å². The van der Waals surface area contributed by atoms with Crippen molar-refractivity contribution in [3.8, 4) is 0 Å². The third-order valence-corrected chi connectivity index (χ3v) is 2.90. The lowest BCUT2D eigenvalue weighted by molar-refractivity contribution is -0.143. The summed E-state index contributed by atoms with van der Waals surface area (Å²) < 4.78 is 5.11. The fraction of sp³-hybridized carbons (Fsp3) is 0.833. The van der Waals surface area contributed by atoms with E-state index in [4.69, 9.17) is 14.9 Å². The molecule has 0 spiro atoms. The van der Waals surface area contributed by atoms with Crippen molar-refractivity contribution in [1.82, 2.24) is 4.90 Å². The first kappa shape index (κ1) is 14.9. The summed E-state index contributed by atoms with van der Waals surface area (Å²) in [4.78, 5) is 24.3. The van der Waals surface area contributed by atoms with Gasteiger partial charge >= 0.3 is 5.97 Å². The zero-order valence-corrected chi connectivity index (χ0v) is 10.7. The molecule has 0 bridgehead atoms. The van der Waals surface area contributed by atoms with Crippen LogP contribution in [0.1, 0.15) is 19.8 Å². The second-order valence-corrected chi connectivity index (χ2v) is 4.63. The van der Waals surface area contributed by atoms with Crippen LogP contribution < -0.4 is 0 Å². The van der Waals surface area contributed by atoms with Crippen LogP contribution in [0.25, 0.3) is 0 Å². The van der Waals surface area contributed by atoms with Crippen LogP contribution in [0.4, 0.5) is 0 Å². The average Bonchev–Trinajstić information content (AvgIpc) is 3.15. The molecule has 0 aromatic heterocycles. The molecular weight excluding hydrogens is 238 g/mol. The molecule has 1 rings (SSSR count). The average molecular weight is 259 g/mol. The van der Waals surface area contributed by atoms with E-state index in [1.165, 1.54) is 0 Å². The van der Waals surface area contributed by atoms with Crippen molar-refractivity contribution in [3.63, 3.8) is 0 Å². The van der Waals surface area contributed by atoms with E-state index < -0.39 is 11.9 Å². The monoisotopic (exact) mass is 259 g/mol. The molecule has 0 heterocycles. The van der Waals surface area contributed by atoms with Gasteiger partial charge in [0.25, 0.3) is 0 Å². The van der Waals surface area contributed by atoms with Gasteiger partial charge in [-0.1, -0.05) is 6.92 Å². The Morgan fingerprint density at radius 1 is 1.39 bits per heavy atom. The Hall–Kier alpha value is -1.14. The minimum absolute atomic E-state index is 0.0238. The number of hydrogen-bond acceptors (Lipinski definition) is 4. The first-order chi connectivity index (χ1) is 8.56. The van der Waals surface area contributed by atoms with Crippen molar-refractivity contribution in [3.05, 3.63) is 0 Å². The molecule has 2 N–H and O–H groups in total. The van der Waals surface area contributed by atoms with Gasteiger partial charge in [-0.15, -0.1) is 0 Å². The first-order valence-electron chi connectivity index (χ1n) is 6.26. The lowest BCUT2D eigenvalue weighted by Gasteiger charge is -2.24. The highest BCUT2D eigenvalue weighted by atomic mass is 16.5.